The second-order valence-electron chi connectivity index (χ2n) is 5.07. The van der Waals surface area contributed by atoms with Gasteiger partial charge in [0.25, 0.3) is 0 Å². The van der Waals surface area contributed by atoms with E-state index in [1.807, 2.05) is 24.3 Å². The van der Waals surface area contributed by atoms with Crippen LogP contribution in [-0.2, 0) is 4.74 Å². The van der Waals surface area contributed by atoms with E-state index in [2.05, 4.69) is 17.1 Å². The number of benzene rings is 1. The third-order valence-corrected chi connectivity index (χ3v) is 3.56. The Balaban J connectivity index is 1.56. The van der Waals surface area contributed by atoms with Gasteiger partial charge in [-0.25, -0.2) is 0 Å². The van der Waals surface area contributed by atoms with Crippen LogP contribution >= 0.6 is 11.6 Å². The molecule has 1 heterocycles. The zero-order valence-corrected chi connectivity index (χ0v) is 12.7. The zero-order valence-electron chi connectivity index (χ0n) is 12.0. The molecule has 5 heteroatoms. The largest absolute Gasteiger partial charge is 0.492 e. The Morgan fingerprint density at radius 1 is 1.30 bits per heavy atom. The Bertz CT molecular complexity index is 380. The van der Waals surface area contributed by atoms with Gasteiger partial charge in [0.15, 0.2) is 0 Å². The lowest BCUT2D eigenvalue weighted by molar-refractivity contribution is 0.0342. The predicted molar refractivity (Wildman–Crippen MR) is 81.7 cm³/mol. The summed E-state index contributed by atoms with van der Waals surface area (Å²) in [7, 11) is 0. The van der Waals surface area contributed by atoms with Crippen LogP contribution in [0.2, 0.25) is 5.02 Å². The van der Waals surface area contributed by atoms with Crippen LogP contribution in [0.4, 0.5) is 0 Å². The summed E-state index contributed by atoms with van der Waals surface area (Å²) in [4.78, 5) is 2.43. The summed E-state index contributed by atoms with van der Waals surface area (Å²) in [5.41, 5.74) is 0. The van der Waals surface area contributed by atoms with Gasteiger partial charge in [-0.05, 0) is 31.2 Å². The first kappa shape index (κ1) is 15.6. The van der Waals surface area contributed by atoms with Crippen LogP contribution in [0.5, 0.6) is 5.75 Å². The van der Waals surface area contributed by atoms with E-state index < -0.39 is 0 Å². The SMILES string of the molecule is CC(CN1CCOCC1)NCCOc1ccc(Cl)cc1. The maximum absolute atomic E-state index is 5.83. The first-order valence-corrected chi connectivity index (χ1v) is 7.53. The molecule has 0 spiro atoms. The third kappa shape index (κ3) is 5.67. The molecule has 1 N–H and O–H groups in total. The fourth-order valence-electron chi connectivity index (χ4n) is 2.24. The van der Waals surface area contributed by atoms with Crippen LogP contribution in [0.25, 0.3) is 0 Å². The molecule has 0 amide bonds. The highest BCUT2D eigenvalue weighted by molar-refractivity contribution is 6.30. The number of morpholine rings is 1. The van der Waals surface area contributed by atoms with Gasteiger partial charge in [-0.1, -0.05) is 11.6 Å². The molecule has 0 radical (unpaired) electrons. The number of nitrogens with zero attached hydrogens (tertiary/aromatic N) is 1. The van der Waals surface area contributed by atoms with Crippen molar-refractivity contribution < 1.29 is 9.47 Å². The van der Waals surface area contributed by atoms with E-state index in [1.54, 1.807) is 0 Å². The van der Waals surface area contributed by atoms with Gasteiger partial charge in [-0.15, -0.1) is 0 Å². The Labute approximate surface area is 126 Å². The molecule has 1 saturated heterocycles. The van der Waals surface area contributed by atoms with E-state index in [9.17, 15) is 0 Å². The molecule has 20 heavy (non-hydrogen) atoms. The average molecular weight is 299 g/mol. The van der Waals surface area contributed by atoms with E-state index in [0.717, 1.165) is 50.2 Å². The molecule has 1 fully saturated rings. The van der Waals surface area contributed by atoms with Crippen LogP contribution in [0.15, 0.2) is 24.3 Å². The summed E-state index contributed by atoms with van der Waals surface area (Å²) in [6.07, 6.45) is 0. The quantitative estimate of drug-likeness (QED) is 0.781. The minimum atomic E-state index is 0.460. The highest BCUT2D eigenvalue weighted by Gasteiger charge is 2.12. The molecule has 0 saturated carbocycles. The highest BCUT2D eigenvalue weighted by atomic mass is 35.5. The van der Waals surface area contributed by atoms with Crippen LogP contribution < -0.4 is 10.1 Å². The van der Waals surface area contributed by atoms with E-state index in [-0.39, 0.29) is 0 Å². The maximum Gasteiger partial charge on any atom is 0.119 e. The number of ether oxygens (including phenoxy) is 2. The number of hydrogen-bond acceptors (Lipinski definition) is 4. The first-order valence-electron chi connectivity index (χ1n) is 7.16. The van der Waals surface area contributed by atoms with Crippen molar-refractivity contribution in [3.05, 3.63) is 29.3 Å². The van der Waals surface area contributed by atoms with Crippen LogP contribution in [0, 0.1) is 0 Å². The second-order valence-corrected chi connectivity index (χ2v) is 5.51. The van der Waals surface area contributed by atoms with Crippen molar-refractivity contribution in [2.75, 3.05) is 46.0 Å². The Hall–Kier alpha value is -0.810. The lowest BCUT2D eigenvalue weighted by Crippen LogP contribution is -2.45. The normalized spacial score (nSPS) is 17.9. The maximum atomic E-state index is 5.83. The van der Waals surface area contributed by atoms with E-state index in [4.69, 9.17) is 21.1 Å². The summed E-state index contributed by atoms with van der Waals surface area (Å²) < 4.78 is 11.0. The molecule has 1 aliphatic heterocycles. The summed E-state index contributed by atoms with van der Waals surface area (Å²) in [6.45, 7) is 8.55. The van der Waals surface area contributed by atoms with Crippen molar-refractivity contribution in [2.24, 2.45) is 0 Å². The minimum absolute atomic E-state index is 0.460. The smallest absolute Gasteiger partial charge is 0.119 e. The summed E-state index contributed by atoms with van der Waals surface area (Å²) >= 11 is 5.83. The lowest BCUT2D eigenvalue weighted by Gasteiger charge is -2.29. The first-order chi connectivity index (χ1) is 9.74. The second kappa shape index (κ2) is 8.47. The molecule has 1 aliphatic rings. The number of nitrogens with one attached hydrogen (secondary N) is 1. The molecule has 1 aromatic carbocycles. The van der Waals surface area contributed by atoms with Crippen LogP contribution in [0.1, 0.15) is 6.92 Å². The predicted octanol–water partition coefficient (Wildman–Crippen LogP) is 2.03. The zero-order chi connectivity index (χ0) is 14.2. The molecule has 1 unspecified atom stereocenters. The van der Waals surface area contributed by atoms with Crippen molar-refractivity contribution in [2.45, 2.75) is 13.0 Å². The summed E-state index contributed by atoms with van der Waals surface area (Å²) in [5, 5.41) is 4.21. The van der Waals surface area contributed by atoms with E-state index in [1.165, 1.54) is 0 Å². The number of halogens is 1. The molecule has 0 bridgehead atoms. The molecule has 4 nitrogen and oxygen atoms in total. The van der Waals surface area contributed by atoms with Crippen molar-refractivity contribution in [1.29, 1.82) is 0 Å². The number of hydrogen-bond donors (Lipinski definition) is 1. The molecule has 1 atom stereocenters. The van der Waals surface area contributed by atoms with Crippen LogP contribution in [-0.4, -0.2) is 56.9 Å². The average Bonchev–Trinajstić information content (AvgIpc) is 2.46. The molecular formula is C15H23ClN2O2. The Morgan fingerprint density at radius 2 is 2.00 bits per heavy atom. The Kier molecular flexibility index (Phi) is 6.60. The standard InChI is InChI=1S/C15H23ClN2O2/c1-13(12-18-7-10-19-11-8-18)17-6-9-20-15-4-2-14(16)3-5-15/h2-5,13,17H,6-12H2,1H3. The molecular weight excluding hydrogens is 276 g/mol. The van der Waals surface area contributed by atoms with Crippen molar-refractivity contribution >= 4 is 11.6 Å². The van der Waals surface area contributed by atoms with Gasteiger partial charge in [0, 0.05) is 37.2 Å². The molecule has 0 aliphatic carbocycles. The van der Waals surface area contributed by atoms with Crippen molar-refractivity contribution in [1.82, 2.24) is 10.2 Å². The molecule has 1 aromatic rings. The fourth-order valence-corrected chi connectivity index (χ4v) is 2.37. The van der Waals surface area contributed by atoms with Crippen LogP contribution in [0.3, 0.4) is 0 Å². The van der Waals surface area contributed by atoms with E-state index in [0.29, 0.717) is 12.6 Å². The lowest BCUT2D eigenvalue weighted by atomic mass is 10.3. The summed E-state index contributed by atoms with van der Waals surface area (Å²) in [6, 6.07) is 7.91. The van der Waals surface area contributed by atoms with Gasteiger partial charge in [0.2, 0.25) is 0 Å². The van der Waals surface area contributed by atoms with Gasteiger partial charge in [0.1, 0.15) is 12.4 Å². The van der Waals surface area contributed by atoms with Crippen molar-refractivity contribution in [3.8, 4) is 5.75 Å². The van der Waals surface area contributed by atoms with Gasteiger partial charge >= 0.3 is 0 Å². The summed E-state index contributed by atoms with van der Waals surface area (Å²) in [5.74, 6) is 0.858. The van der Waals surface area contributed by atoms with Crippen molar-refractivity contribution in [3.63, 3.8) is 0 Å². The topological polar surface area (TPSA) is 33.7 Å². The number of rotatable bonds is 7. The minimum Gasteiger partial charge on any atom is -0.492 e. The molecule has 0 aromatic heterocycles. The van der Waals surface area contributed by atoms with Gasteiger partial charge in [-0.3, -0.25) is 4.90 Å². The Morgan fingerprint density at radius 3 is 2.70 bits per heavy atom. The highest BCUT2D eigenvalue weighted by Crippen LogP contribution is 2.15. The van der Waals surface area contributed by atoms with E-state index >= 15 is 0 Å². The van der Waals surface area contributed by atoms with Gasteiger partial charge in [0.05, 0.1) is 13.2 Å². The molecule has 112 valence electrons. The molecule has 2 rings (SSSR count). The third-order valence-electron chi connectivity index (χ3n) is 3.31. The fraction of sp³-hybridized carbons (Fsp3) is 0.600. The van der Waals surface area contributed by atoms with Gasteiger partial charge in [-0.2, -0.15) is 0 Å². The monoisotopic (exact) mass is 298 g/mol. The van der Waals surface area contributed by atoms with Gasteiger partial charge < -0.3 is 14.8 Å².